The fourth-order valence-corrected chi connectivity index (χ4v) is 3.19. The smallest absolute Gasteiger partial charge is 0.201 e. The summed E-state index contributed by atoms with van der Waals surface area (Å²) in [6.07, 6.45) is 4.48. The van der Waals surface area contributed by atoms with E-state index < -0.39 is 16.6 Å². The number of hydrazone groups is 1. The van der Waals surface area contributed by atoms with Gasteiger partial charge in [-0.3, -0.25) is 15.0 Å². The van der Waals surface area contributed by atoms with Gasteiger partial charge < -0.3 is 10.3 Å². The minimum absolute atomic E-state index is 0.197. The second-order valence-corrected chi connectivity index (χ2v) is 6.64. The van der Waals surface area contributed by atoms with Gasteiger partial charge in [0.25, 0.3) is 0 Å². The van der Waals surface area contributed by atoms with Gasteiger partial charge >= 0.3 is 0 Å². The monoisotopic (exact) mass is 357 g/mol. The van der Waals surface area contributed by atoms with Gasteiger partial charge in [0, 0.05) is 17.6 Å². The largest absolute Gasteiger partial charge is 0.382 e. The molecule has 25 heavy (non-hydrogen) atoms. The summed E-state index contributed by atoms with van der Waals surface area (Å²) >= 11 is 0. The molecule has 1 aromatic carbocycles. The van der Waals surface area contributed by atoms with E-state index in [2.05, 4.69) is 22.4 Å². The van der Waals surface area contributed by atoms with E-state index in [1.165, 1.54) is 0 Å². The van der Waals surface area contributed by atoms with Crippen LogP contribution in [0.15, 0.2) is 46.8 Å². The van der Waals surface area contributed by atoms with Crippen molar-refractivity contribution in [2.24, 2.45) is 10.8 Å². The molecular formula is C16H19N7OS. The molecule has 0 aliphatic carbocycles. The number of nitrogens with one attached hydrogen (secondary N) is 2. The number of aromatic nitrogens is 2. The van der Waals surface area contributed by atoms with Crippen LogP contribution >= 0.6 is 0 Å². The number of nitrogens with two attached hydrogens (primary N) is 1. The van der Waals surface area contributed by atoms with Crippen LogP contribution in [0, 0.1) is 16.7 Å². The zero-order chi connectivity index (χ0) is 18.2. The minimum Gasteiger partial charge on any atom is -0.382 e. The topological polar surface area (TPSA) is 133 Å². The minimum atomic E-state index is -1.19. The summed E-state index contributed by atoms with van der Waals surface area (Å²) in [7, 11) is -1.19. The van der Waals surface area contributed by atoms with Gasteiger partial charge in [-0.2, -0.15) is 10.4 Å². The van der Waals surface area contributed by atoms with E-state index in [-0.39, 0.29) is 5.71 Å². The first-order valence-corrected chi connectivity index (χ1v) is 8.92. The number of benzene rings is 1. The maximum atomic E-state index is 12.5. The Morgan fingerprint density at radius 2 is 2.20 bits per heavy atom. The van der Waals surface area contributed by atoms with Gasteiger partial charge in [0.2, 0.25) is 5.71 Å². The molecule has 0 saturated carbocycles. The molecule has 0 bridgehead atoms. The van der Waals surface area contributed by atoms with E-state index in [1.54, 1.807) is 42.9 Å². The zero-order valence-corrected chi connectivity index (χ0v) is 14.6. The molecule has 0 fully saturated rings. The molecule has 1 atom stereocenters. The summed E-state index contributed by atoms with van der Waals surface area (Å²) in [4.78, 5) is 4.80. The summed E-state index contributed by atoms with van der Waals surface area (Å²) in [5, 5.41) is 19.7. The molecule has 0 aliphatic rings. The Bertz CT molecular complexity index is 833. The van der Waals surface area contributed by atoms with Crippen LogP contribution in [0.1, 0.15) is 19.0 Å². The molecule has 1 heterocycles. The normalized spacial score (nSPS) is 12.4. The Morgan fingerprint density at radius 1 is 1.48 bits per heavy atom. The van der Waals surface area contributed by atoms with Gasteiger partial charge in [-0.15, -0.1) is 0 Å². The van der Waals surface area contributed by atoms with Gasteiger partial charge in [-0.05, 0) is 30.7 Å². The summed E-state index contributed by atoms with van der Waals surface area (Å²) in [5.74, 6) is -0.00943. The van der Waals surface area contributed by atoms with Crippen LogP contribution in [0.5, 0.6) is 0 Å². The van der Waals surface area contributed by atoms with Crippen molar-refractivity contribution in [1.29, 1.82) is 10.7 Å². The molecule has 0 radical (unpaired) electrons. The maximum absolute atomic E-state index is 12.5. The highest BCUT2D eigenvalue weighted by atomic mass is 32.2. The molecule has 9 heteroatoms. The summed E-state index contributed by atoms with van der Waals surface area (Å²) < 4.78 is 14.5. The Morgan fingerprint density at radius 3 is 2.80 bits per heavy atom. The molecule has 0 amide bonds. The highest BCUT2D eigenvalue weighted by molar-refractivity contribution is 7.84. The lowest BCUT2D eigenvalue weighted by Crippen LogP contribution is -2.21. The number of imidazole rings is 1. The van der Waals surface area contributed by atoms with Crippen LogP contribution in [0.4, 0.5) is 5.69 Å². The van der Waals surface area contributed by atoms with Crippen LogP contribution in [0.2, 0.25) is 0 Å². The van der Waals surface area contributed by atoms with Crippen LogP contribution in [0.3, 0.4) is 0 Å². The number of nitrogens with zero attached hydrogens (tertiary/aromatic N) is 4. The summed E-state index contributed by atoms with van der Waals surface area (Å²) in [6, 6.07) is 8.59. The molecule has 2 rings (SSSR count). The molecule has 0 saturated heterocycles. The molecule has 0 aliphatic heterocycles. The number of hydrogen-bond acceptors (Lipinski definition) is 6. The average molecular weight is 357 g/mol. The fourth-order valence-electron chi connectivity index (χ4n) is 2.08. The fraction of sp³-hybridized carbons (Fsp3) is 0.250. The SMILES string of the molecule is CCCn1cncc1CS(=O)c1ccc(N/N=C(\C#N)C(=N)N)cc1. The van der Waals surface area contributed by atoms with Crippen molar-refractivity contribution in [3.8, 4) is 6.07 Å². The molecule has 4 N–H and O–H groups in total. The van der Waals surface area contributed by atoms with E-state index >= 15 is 0 Å². The predicted octanol–water partition coefficient (Wildman–Crippen LogP) is 1.83. The Balaban J connectivity index is 2.04. The average Bonchev–Trinajstić information content (AvgIpc) is 3.03. The highest BCUT2D eigenvalue weighted by Gasteiger charge is 2.09. The van der Waals surface area contributed by atoms with Crippen molar-refractivity contribution in [3.05, 3.63) is 42.5 Å². The lowest BCUT2D eigenvalue weighted by Gasteiger charge is -2.07. The number of hydrogen-bond donors (Lipinski definition) is 3. The summed E-state index contributed by atoms with van der Waals surface area (Å²) in [5.41, 5.74) is 9.20. The second-order valence-electron chi connectivity index (χ2n) is 5.19. The van der Waals surface area contributed by atoms with Gasteiger partial charge in [0.05, 0.1) is 34.3 Å². The van der Waals surface area contributed by atoms with Crippen molar-refractivity contribution < 1.29 is 4.21 Å². The first-order valence-electron chi connectivity index (χ1n) is 7.60. The Labute approximate surface area is 148 Å². The third-order valence-electron chi connectivity index (χ3n) is 3.32. The predicted molar refractivity (Wildman–Crippen MR) is 97.7 cm³/mol. The third-order valence-corrected chi connectivity index (χ3v) is 4.67. The van der Waals surface area contributed by atoms with E-state index in [4.69, 9.17) is 16.4 Å². The standard InChI is InChI=1S/C16H19N7OS/c1-2-7-23-11-20-9-13(23)10-25(24)14-5-3-12(4-6-14)21-22-15(8-17)16(18)19/h3-6,9,11,21H,2,7,10H2,1H3,(H3,18,19)/b22-15+. The van der Waals surface area contributed by atoms with E-state index in [0.717, 1.165) is 18.7 Å². The van der Waals surface area contributed by atoms with Crippen LogP contribution in [-0.4, -0.2) is 25.3 Å². The quantitative estimate of drug-likeness (QED) is 0.376. The van der Waals surface area contributed by atoms with Crippen molar-refractivity contribution >= 4 is 28.0 Å². The van der Waals surface area contributed by atoms with Gasteiger partial charge in [0.1, 0.15) is 6.07 Å². The van der Waals surface area contributed by atoms with E-state index in [1.807, 2.05) is 4.57 Å². The molecule has 8 nitrogen and oxygen atoms in total. The number of aryl methyl sites for hydroxylation is 1. The molecule has 1 unspecified atom stereocenters. The van der Waals surface area contributed by atoms with Crippen LogP contribution < -0.4 is 11.2 Å². The van der Waals surface area contributed by atoms with Gasteiger partial charge in [-0.25, -0.2) is 4.98 Å². The van der Waals surface area contributed by atoms with Gasteiger partial charge in [0.15, 0.2) is 5.84 Å². The van der Waals surface area contributed by atoms with Crippen molar-refractivity contribution in [1.82, 2.24) is 9.55 Å². The van der Waals surface area contributed by atoms with E-state index in [0.29, 0.717) is 16.3 Å². The number of nitriles is 1. The van der Waals surface area contributed by atoms with Crippen LogP contribution in [-0.2, 0) is 23.1 Å². The number of rotatable bonds is 8. The Kier molecular flexibility index (Phi) is 6.42. The first-order chi connectivity index (χ1) is 12.0. The molecule has 2 aromatic rings. The molecule has 130 valence electrons. The second kappa shape index (κ2) is 8.75. The first kappa shape index (κ1) is 18.4. The number of anilines is 1. The third kappa shape index (κ3) is 4.99. The maximum Gasteiger partial charge on any atom is 0.201 e. The lowest BCUT2D eigenvalue weighted by molar-refractivity contribution is 0.652. The van der Waals surface area contributed by atoms with E-state index in [9.17, 15) is 4.21 Å². The number of amidine groups is 1. The zero-order valence-electron chi connectivity index (χ0n) is 13.8. The van der Waals surface area contributed by atoms with Crippen molar-refractivity contribution in [3.63, 3.8) is 0 Å². The highest BCUT2D eigenvalue weighted by Crippen LogP contribution is 2.16. The van der Waals surface area contributed by atoms with Crippen molar-refractivity contribution in [2.45, 2.75) is 30.5 Å². The molecule has 1 aromatic heterocycles. The van der Waals surface area contributed by atoms with Crippen LogP contribution in [0.25, 0.3) is 0 Å². The summed E-state index contributed by atoms with van der Waals surface area (Å²) in [6.45, 7) is 2.93. The lowest BCUT2D eigenvalue weighted by atomic mass is 10.3. The van der Waals surface area contributed by atoms with Crippen molar-refractivity contribution in [2.75, 3.05) is 5.43 Å². The Hall–Kier alpha value is -2.99. The molecular weight excluding hydrogens is 338 g/mol. The van der Waals surface area contributed by atoms with Gasteiger partial charge in [-0.1, -0.05) is 6.92 Å². The molecule has 0 spiro atoms.